The Bertz CT molecular complexity index is 665. The summed E-state index contributed by atoms with van der Waals surface area (Å²) >= 11 is 0. The molecule has 24 heavy (non-hydrogen) atoms. The number of phenols is 1. The zero-order valence-electron chi connectivity index (χ0n) is 14.2. The molecule has 0 aromatic heterocycles. The fraction of sp³-hybridized carbons (Fsp3) is 0.444. The summed E-state index contributed by atoms with van der Waals surface area (Å²) in [6.45, 7) is 4.31. The number of carbonyl (C=O) groups is 2. The fourth-order valence-electron chi connectivity index (χ4n) is 2.88. The van der Waals surface area contributed by atoms with Crippen LogP contribution in [-0.4, -0.2) is 47.1 Å². The molecule has 0 bridgehead atoms. The lowest BCUT2D eigenvalue weighted by Crippen LogP contribution is -2.34. The number of amides is 1. The van der Waals surface area contributed by atoms with Gasteiger partial charge in [0.25, 0.3) is 5.91 Å². The van der Waals surface area contributed by atoms with E-state index in [4.69, 9.17) is 4.74 Å². The van der Waals surface area contributed by atoms with Crippen molar-refractivity contribution in [2.24, 2.45) is 5.92 Å². The molecule has 6 heteroatoms. The highest BCUT2D eigenvalue weighted by molar-refractivity contribution is 6.09. The maximum Gasteiger partial charge on any atom is 0.290 e. The predicted molar refractivity (Wildman–Crippen MR) is 88.6 cm³/mol. The van der Waals surface area contributed by atoms with Gasteiger partial charge in [0.1, 0.15) is 5.75 Å². The van der Waals surface area contributed by atoms with Crippen LogP contribution >= 0.6 is 0 Å². The van der Waals surface area contributed by atoms with Crippen LogP contribution in [0.4, 0.5) is 0 Å². The van der Waals surface area contributed by atoms with Gasteiger partial charge in [-0.05, 0) is 23.6 Å². The van der Waals surface area contributed by atoms with E-state index in [2.05, 4.69) is 0 Å². The first-order valence-corrected chi connectivity index (χ1v) is 7.92. The molecule has 1 atom stereocenters. The smallest absolute Gasteiger partial charge is 0.290 e. The molecule has 1 aliphatic heterocycles. The Balaban J connectivity index is 2.47. The van der Waals surface area contributed by atoms with Crippen LogP contribution in [0.5, 0.6) is 5.75 Å². The molecule has 130 valence electrons. The number of aromatic hydroxyl groups is 1. The molecule has 2 rings (SSSR count). The molecule has 1 aliphatic rings. The number of ketones is 1. The number of aliphatic hydroxyl groups is 1. The first-order chi connectivity index (χ1) is 11.4. The number of Topliss-reactive ketones (excluding diaryl/α,β-unsaturated/α-hetero) is 1. The Labute approximate surface area is 141 Å². The van der Waals surface area contributed by atoms with E-state index in [-0.39, 0.29) is 42.6 Å². The summed E-state index contributed by atoms with van der Waals surface area (Å²) in [5.74, 6) is -1.22. The number of phenolic OH excluding ortho intramolecular Hbond substituents is 1. The number of hydrogen-bond donors (Lipinski definition) is 2. The van der Waals surface area contributed by atoms with E-state index in [1.54, 1.807) is 12.1 Å². The van der Waals surface area contributed by atoms with Crippen LogP contribution in [0, 0.1) is 5.92 Å². The van der Waals surface area contributed by atoms with Gasteiger partial charge < -0.3 is 19.8 Å². The van der Waals surface area contributed by atoms with E-state index >= 15 is 0 Å². The molecule has 1 amide bonds. The van der Waals surface area contributed by atoms with Gasteiger partial charge >= 0.3 is 0 Å². The van der Waals surface area contributed by atoms with E-state index in [0.717, 1.165) is 0 Å². The minimum absolute atomic E-state index is 0.0358. The van der Waals surface area contributed by atoms with Crippen LogP contribution in [-0.2, 0) is 14.3 Å². The SMILES string of the molecule is COCCN1C(=O)C(O)=C(C(=O)CC(C)C)C1c1cccc(O)c1. The molecule has 0 radical (unpaired) electrons. The third-order valence-electron chi connectivity index (χ3n) is 3.92. The third-order valence-corrected chi connectivity index (χ3v) is 3.92. The van der Waals surface area contributed by atoms with Crippen LogP contribution in [0.3, 0.4) is 0 Å². The van der Waals surface area contributed by atoms with Gasteiger partial charge in [0.05, 0.1) is 18.2 Å². The Morgan fingerprint density at radius 1 is 1.33 bits per heavy atom. The van der Waals surface area contributed by atoms with Gasteiger partial charge in [-0.1, -0.05) is 26.0 Å². The Kier molecular flexibility index (Phi) is 5.62. The van der Waals surface area contributed by atoms with Crippen molar-refractivity contribution < 1.29 is 24.5 Å². The van der Waals surface area contributed by atoms with Gasteiger partial charge in [-0.25, -0.2) is 0 Å². The number of benzene rings is 1. The van der Waals surface area contributed by atoms with Crippen LogP contribution in [0.1, 0.15) is 31.9 Å². The summed E-state index contributed by atoms with van der Waals surface area (Å²) in [6.07, 6.45) is 0.236. The largest absolute Gasteiger partial charge is 0.508 e. The minimum atomic E-state index is -0.717. The van der Waals surface area contributed by atoms with Crippen molar-refractivity contribution in [1.29, 1.82) is 0 Å². The zero-order chi connectivity index (χ0) is 17.9. The number of hydrogen-bond acceptors (Lipinski definition) is 5. The molecule has 0 spiro atoms. The highest BCUT2D eigenvalue weighted by atomic mass is 16.5. The number of carbonyl (C=O) groups excluding carboxylic acids is 2. The maximum absolute atomic E-state index is 12.6. The molecule has 0 saturated carbocycles. The molecule has 1 aromatic carbocycles. The van der Waals surface area contributed by atoms with Crippen molar-refractivity contribution in [3.63, 3.8) is 0 Å². The third kappa shape index (κ3) is 3.59. The lowest BCUT2D eigenvalue weighted by Gasteiger charge is -2.26. The Morgan fingerprint density at radius 3 is 2.62 bits per heavy atom. The summed E-state index contributed by atoms with van der Waals surface area (Å²) in [5, 5.41) is 20.0. The summed E-state index contributed by atoms with van der Waals surface area (Å²) < 4.78 is 5.03. The van der Waals surface area contributed by atoms with Gasteiger partial charge in [-0.15, -0.1) is 0 Å². The molecular formula is C18H23NO5. The number of rotatable bonds is 7. The molecule has 6 nitrogen and oxygen atoms in total. The molecule has 0 aliphatic carbocycles. The first-order valence-electron chi connectivity index (χ1n) is 7.92. The van der Waals surface area contributed by atoms with E-state index in [1.807, 2.05) is 13.8 Å². The predicted octanol–water partition coefficient (Wildman–Crippen LogP) is 2.35. The van der Waals surface area contributed by atoms with Crippen molar-refractivity contribution in [1.82, 2.24) is 4.90 Å². The molecule has 1 heterocycles. The minimum Gasteiger partial charge on any atom is -0.508 e. The van der Waals surface area contributed by atoms with Crippen molar-refractivity contribution in [2.75, 3.05) is 20.3 Å². The number of ether oxygens (including phenoxy) is 1. The summed E-state index contributed by atoms with van der Waals surface area (Å²) in [4.78, 5) is 26.4. The van der Waals surface area contributed by atoms with Crippen LogP contribution in [0.2, 0.25) is 0 Å². The monoisotopic (exact) mass is 333 g/mol. The quantitative estimate of drug-likeness (QED) is 0.800. The van der Waals surface area contributed by atoms with E-state index in [1.165, 1.54) is 24.1 Å². The van der Waals surface area contributed by atoms with E-state index in [9.17, 15) is 19.8 Å². The first kappa shape index (κ1) is 18.0. The number of nitrogens with zero attached hydrogens (tertiary/aromatic N) is 1. The molecular weight excluding hydrogens is 310 g/mol. The average Bonchev–Trinajstić information content (AvgIpc) is 2.76. The van der Waals surface area contributed by atoms with Gasteiger partial charge in [0, 0.05) is 20.1 Å². The molecule has 1 unspecified atom stereocenters. The second-order valence-corrected chi connectivity index (χ2v) is 6.27. The molecule has 0 saturated heterocycles. The Hall–Kier alpha value is -2.34. The highest BCUT2D eigenvalue weighted by Crippen LogP contribution is 2.39. The van der Waals surface area contributed by atoms with Crippen LogP contribution in [0.25, 0.3) is 0 Å². The van der Waals surface area contributed by atoms with Crippen molar-refractivity contribution in [3.8, 4) is 5.75 Å². The van der Waals surface area contributed by atoms with Crippen LogP contribution in [0.15, 0.2) is 35.6 Å². The highest BCUT2D eigenvalue weighted by Gasteiger charge is 2.43. The lowest BCUT2D eigenvalue weighted by molar-refractivity contribution is -0.130. The lowest BCUT2D eigenvalue weighted by atomic mass is 9.92. The van der Waals surface area contributed by atoms with Crippen molar-refractivity contribution in [2.45, 2.75) is 26.3 Å². The van der Waals surface area contributed by atoms with Gasteiger partial charge in [-0.3, -0.25) is 9.59 Å². The van der Waals surface area contributed by atoms with E-state index < -0.39 is 17.7 Å². The summed E-state index contributed by atoms with van der Waals surface area (Å²) in [5.41, 5.74) is 0.672. The van der Waals surface area contributed by atoms with Gasteiger partial charge in [0.2, 0.25) is 0 Å². The second kappa shape index (κ2) is 7.49. The summed E-state index contributed by atoms with van der Waals surface area (Å²) in [7, 11) is 1.52. The standard InChI is InChI=1S/C18H23NO5/c1-11(2)9-14(21)15-16(12-5-4-6-13(20)10-12)19(7-8-24-3)18(23)17(15)22/h4-6,10-11,16,20,22H,7-9H2,1-3H3. The summed E-state index contributed by atoms with van der Waals surface area (Å²) in [6, 6.07) is 5.66. The van der Waals surface area contributed by atoms with Crippen molar-refractivity contribution >= 4 is 11.7 Å². The van der Waals surface area contributed by atoms with Gasteiger partial charge in [0.15, 0.2) is 11.5 Å². The zero-order valence-corrected chi connectivity index (χ0v) is 14.2. The number of methoxy groups -OCH3 is 1. The average molecular weight is 333 g/mol. The van der Waals surface area contributed by atoms with Gasteiger partial charge in [-0.2, -0.15) is 0 Å². The van der Waals surface area contributed by atoms with Crippen LogP contribution < -0.4 is 0 Å². The molecule has 1 aromatic rings. The van der Waals surface area contributed by atoms with E-state index in [0.29, 0.717) is 5.56 Å². The maximum atomic E-state index is 12.6. The number of aliphatic hydroxyl groups excluding tert-OH is 1. The molecule has 2 N–H and O–H groups in total. The molecule has 0 fully saturated rings. The Morgan fingerprint density at radius 2 is 2.04 bits per heavy atom. The fourth-order valence-corrected chi connectivity index (χ4v) is 2.88. The second-order valence-electron chi connectivity index (χ2n) is 6.27. The normalized spacial score (nSPS) is 17.9. The van der Waals surface area contributed by atoms with Crippen molar-refractivity contribution in [3.05, 3.63) is 41.2 Å². The topological polar surface area (TPSA) is 87.1 Å².